The van der Waals surface area contributed by atoms with Crippen LogP contribution in [0.25, 0.3) is 0 Å². The van der Waals surface area contributed by atoms with Gasteiger partial charge in [0, 0.05) is 13.1 Å². The molecule has 17 heteroatoms. The van der Waals surface area contributed by atoms with Gasteiger partial charge >= 0.3 is 23.9 Å². The molecule has 4 aliphatic heterocycles. The number of esters is 4. The van der Waals surface area contributed by atoms with E-state index in [1.54, 1.807) is 11.9 Å². The number of halogens is 2. The Hall–Kier alpha value is -2.34. The van der Waals surface area contributed by atoms with E-state index in [0.717, 1.165) is 12.8 Å². The van der Waals surface area contributed by atoms with E-state index in [1.807, 2.05) is 11.9 Å². The van der Waals surface area contributed by atoms with Gasteiger partial charge in [0.1, 0.15) is 32.8 Å². The summed E-state index contributed by atoms with van der Waals surface area (Å²) in [5, 5.41) is 5.52. The third-order valence-corrected chi connectivity index (χ3v) is 10.1. The molecule has 6 atom stereocenters. The zero-order valence-corrected chi connectivity index (χ0v) is 29.4. The molecule has 2 amide bonds. The van der Waals surface area contributed by atoms with Crippen LogP contribution in [-0.2, 0) is 47.7 Å². The van der Waals surface area contributed by atoms with Gasteiger partial charge in [0.25, 0.3) is 0 Å². The summed E-state index contributed by atoms with van der Waals surface area (Å²) >= 11 is 6.31. The molecule has 4 fully saturated rings. The summed E-state index contributed by atoms with van der Waals surface area (Å²) in [5.74, 6) is -1.10. The van der Waals surface area contributed by atoms with Gasteiger partial charge in [0.05, 0.1) is 28.4 Å². The number of nitrogens with zero attached hydrogens (tertiary/aromatic N) is 2. The van der Waals surface area contributed by atoms with Crippen molar-refractivity contribution in [3.05, 3.63) is 0 Å². The van der Waals surface area contributed by atoms with Crippen LogP contribution < -0.4 is 16.4 Å². The molecule has 2 spiro atoms. The Morgan fingerprint density at radius 2 is 1.11 bits per heavy atom. The van der Waals surface area contributed by atoms with Gasteiger partial charge in [-0.25, -0.2) is 0 Å². The first-order chi connectivity index (χ1) is 20.8. The number of hydrogen-bond acceptors (Lipinski definition) is 13. The molecule has 0 aromatic carbocycles. The van der Waals surface area contributed by atoms with E-state index in [2.05, 4.69) is 67.2 Å². The molecule has 252 valence electrons. The van der Waals surface area contributed by atoms with Crippen LogP contribution >= 0.6 is 31.9 Å². The highest BCUT2D eigenvalue weighted by Crippen LogP contribution is 2.45. The molecule has 15 nitrogen and oxygen atoms in total. The zero-order chi connectivity index (χ0) is 33.8. The van der Waals surface area contributed by atoms with E-state index in [0.29, 0.717) is 38.8 Å². The van der Waals surface area contributed by atoms with Crippen molar-refractivity contribution in [1.82, 2.24) is 20.4 Å². The number of methoxy groups -OCH3 is 4. The molecule has 4 heterocycles. The summed E-state index contributed by atoms with van der Waals surface area (Å²) < 4.78 is 18.3. The Morgan fingerprint density at radius 1 is 0.773 bits per heavy atom. The van der Waals surface area contributed by atoms with Crippen molar-refractivity contribution >= 4 is 67.6 Å². The molecule has 0 radical (unpaired) electrons. The molecule has 6 unspecified atom stereocenters. The van der Waals surface area contributed by atoms with E-state index in [9.17, 15) is 28.8 Å². The number of β-lactam (4-membered cyclic amide) rings is 2. The first-order valence-electron chi connectivity index (χ1n) is 14.0. The fraction of sp³-hybridized carbons (Fsp3) is 0.778. The second-order valence-corrected chi connectivity index (χ2v) is 12.6. The number of carbonyl (C=O) groups is 6. The predicted octanol–water partition coefficient (Wildman–Crippen LogP) is -0.541. The van der Waals surface area contributed by atoms with Crippen molar-refractivity contribution in [2.45, 2.75) is 71.3 Å². The minimum Gasteiger partial charge on any atom is -0.468 e. The number of amides is 2. The second-order valence-electron chi connectivity index (χ2n) is 10.4. The topological polar surface area (TPSA) is 196 Å². The lowest BCUT2D eigenvalue weighted by molar-refractivity contribution is -0.153. The fourth-order valence-electron chi connectivity index (χ4n) is 5.40. The van der Waals surface area contributed by atoms with Crippen molar-refractivity contribution in [3.8, 4) is 0 Å². The number of carbonyl (C=O) groups excluding carboxylic acids is 6. The molecule has 0 aliphatic carbocycles. The van der Waals surface area contributed by atoms with Gasteiger partial charge in [-0.05, 0) is 59.7 Å². The maximum Gasteiger partial charge on any atom is 0.323 e. The first-order valence-corrected chi connectivity index (χ1v) is 15.8. The van der Waals surface area contributed by atoms with Crippen LogP contribution in [0.5, 0.6) is 0 Å². The highest BCUT2D eigenvalue weighted by atomic mass is 79.9. The van der Waals surface area contributed by atoms with Crippen LogP contribution in [0.15, 0.2) is 0 Å². The largest absolute Gasteiger partial charge is 0.468 e. The molecule has 44 heavy (non-hydrogen) atoms. The maximum atomic E-state index is 11.5. The molecule has 0 saturated carbocycles. The average molecular weight is 759 g/mol. The quantitative estimate of drug-likeness (QED) is 0.130. The third-order valence-electron chi connectivity index (χ3n) is 8.40. The van der Waals surface area contributed by atoms with E-state index >= 15 is 0 Å². The van der Waals surface area contributed by atoms with E-state index < -0.39 is 0 Å². The fourth-order valence-corrected chi connectivity index (χ4v) is 6.30. The van der Waals surface area contributed by atoms with E-state index in [4.69, 9.17) is 0 Å². The summed E-state index contributed by atoms with van der Waals surface area (Å²) in [4.78, 5) is 70.4. The summed E-state index contributed by atoms with van der Waals surface area (Å²) in [6.45, 7) is 1.38. The molecule has 4 N–H and O–H groups in total. The molecule has 4 saturated heterocycles. The van der Waals surface area contributed by atoms with Crippen molar-refractivity contribution < 1.29 is 47.7 Å². The summed E-state index contributed by atoms with van der Waals surface area (Å²) in [6, 6.07) is -0.631. The second kappa shape index (κ2) is 18.0. The minimum absolute atomic E-state index is 0.0802. The van der Waals surface area contributed by atoms with Gasteiger partial charge in [-0.15, -0.1) is 0 Å². The van der Waals surface area contributed by atoms with Crippen LogP contribution in [-0.4, -0.2) is 141 Å². The number of alkyl halides is 2. The van der Waals surface area contributed by atoms with E-state index in [-0.39, 0.29) is 68.5 Å². The van der Waals surface area contributed by atoms with Crippen molar-refractivity contribution in [3.63, 3.8) is 0 Å². The number of nitrogens with two attached hydrogens (primary N) is 1. The van der Waals surface area contributed by atoms with Crippen molar-refractivity contribution in [2.24, 2.45) is 5.73 Å². The van der Waals surface area contributed by atoms with Crippen LogP contribution in [0.4, 0.5) is 0 Å². The van der Waals surface area contributed by atoms with Gasteiger partial charge in [-0.1, -0.05) is 31.9 Å². The summed E-state index contributed by atoms with van der Waals surface area (Å²) in [5.41, 5.74) is 3.75. The van der Waals surface area contributed by atoms with Gasteiger partial charge in [-0.2, -0.15) is 0 Å². The smallest absolute Gasteiger partial charge is 0.323 e. The Kier molecular flexibility index (Phi) is 16.2. The lowest BCUT2D eigenvalue weighted by atomic mass is 9.88. The number of likely N-dealkylation sites (N-methyl/N-ethyl adjacent to an activating group) is 2. The lowest BCUT2D eigenvalue weighted by Crippen LogP contribution is -2.78. The SMILES string of the molecule is CN.CN1C2(CCC13CNC3=O)CNC2=O.COC(=O)C(Br)CCC(Br)C(=O)OC.COC(=O)C1CCC(C(=O)OC)N1C. The van der Waals surface area contributed by atoms with Crippen molar-refractivity contribution in [1.29, 1.82) is 0 Å². The Balaban J connectivity index is 0.000000321. The minimum atomic E-state index is -0.378. The Morgan fingerprint density at radius 3 is 1.32 bits per heavy atom. The number of hydrogen-bond donors (Lipinski definition) is 3. The highest BCUT2D eigenvalue weighted by Gasteiger charge is 2.66. The lowest BCUT2D eigenvalue weighted by Gasteiger charge is -2.50. The van der Waals surface area contributed by atoms with Crippen molar-refractivity contribution in [2.75, 3.05) is 62.7 Å². The molecule has 0 bridgehead atoms. The Bertz CT molecular complexity index is 975. The van der Waals surface area contributed by atoms with Gasteiger partial charge < -0.3 is 35.3 Å². The normalized spacial score (nSPS) is 28.0. The monoisotopic (exact) mass is 757 g/mol. The molecular weight excluding hydrogens is 714 g/mol. The van der Waals surface area contributed by atoms with Crippen LogP contribution in [0, 0.1) is 0 Å². The van der Waals surface area contributed by atoms with Crippen LogP contribution in [0.2, 0.25) is 0 Å². The van der Waals surface area contributed by atoms with Crippen LogP contribution in [0.1, 0.15) is 38.5 Å². The highest BCUT2D eigenvalue weighted by molar-refractivity contribution is 9.10. The number of rotatable bonds is 7. The first kappa shape index (κ1) is 39.7. The molecule has 4 aliphatic rings. The van der Waals surface area contributed by atoms with E-state index in [1.165, 1.54) is 35.5 Å². The summed E-state index contributed by atoms with van der Waals surface area (Å²) in [7, 11) is 10.5. The molecule has 0 aromatic heterocycles. The number of nitrogens with one attached hydrogen (secondary N) is 2. The van der Waals surface area contributed by atoms with Gasteiger partial charge in [0.15, 0.2) is 0 Å². The maximum absolute atomic E-state index is 11.5. The number of likely N-dealkylation sites (tertiary alicyclic amines) is 2. The molecular formula is C27H45Br2N5O10. The van der Waals surface area contributed by atoms with Gasteiger partial charge in [0.2, 0.25) is 11.8 Å². The van der Waals surface area contributed by atoms with Crippen LogP contribution in [0.3, 0.4) is 0 Å². The standard InChI is InChI=1S/C9H13N3O2.C9H15NO4.C8H12Br2O4.CH5N/c1-12-8(4-10-6(8)13)2-3-9(12)5-11-7(9)14;1-10-6(8(11)13-2)4-5-7(10)9(12)14-3;1-13-7(11)5(9)3-4-6(10)8(12)14-2;1-2/h2-5H2,1H3,(H,10,13)(H,11,14);6-7H,4-5H2,1-3H3;5-6H,3-4H2,1-2H3;2H2,1H3. The third kappa shape index (κ3) is 8.68. The Labute approximate surface area is 274 Å². The summed E-state index contributed by atoms with van der Waals surface area (Å²) in [6.07, 6.45) is 3.92. The van der Waals surface area contributed by atoms with Gasteiger partial charge in [-0.3, -0.25) is 38.6 Å². The zero-order valence-electron chi connectivity index (χ0n) is 26.3. The molecule has 4 rings (SSSR count). The molecule has 0 aromatic rings. The predicted molar refractivity (Wildman–Crippen MR) is 166 cm³/mol. The number of ether oxygens (including phenoxy) is 4. The average Bonchev–Trinajstić information content (AvgIpc) is 3.61.